The van der Waals surface area contributed by atoms with E-state index >= 15 is 0 Å². The number of nitrogens with zero attached hydrogens (tertiary/aromatic N) is 1. The van der Waals surface area contributed by atoms with Crippen molar-refractivity contribution in [1.29, 1.82) is 0 Å². The number of hydrogen-bond donors (Lipinski definition) is 2. The Bertz CT molecular complexity index is 647. The molecule has 0 bridgehead atoms. The van der Waals surface area contributed by atoms with Crippen molar-refractivity contribution in [2.75, 3.05) is 19.7 Å². The number of rotatable bonds is 4. The van der Waals surface area contributed by atoms with Gasteiger partial charge in [-0.25, -0.2) is 0 Å². The lowest BCUT2D eigenvalue weighted by Gasteiger charge is -2.44. The molecule has 0 unspecified atom stereocenters. The first kappa shape index (κ1) is 21.7. The van der Waals surface area contributed by atoms with E-state index in [1.807, 2.05) is 44.2 Å². The lowest BCUT2D eigenvalue weighted by molar-refractivity contribution is -0.167. The second-order valence-electron chi connectivity index (χ2n) is 7.78. The van der Waals surface area contributed by atoms with Gasteiger partial charge in [0.2, 0.25) is 5.91 Å². The van der Waals surface area contributed by atoms with Crippen molar-refractivity contribution < 1.29 is 14.3 Å². The van der Waals surface area contributed by atoms with Crippen molar-refractivity contribution in [3.8, 4) is 0 Å². The number of carbonyl (C=O) groups excluding carboxylic acids is 2. The Labute approximate surface area is 167 Å². The van der Waals surface area contributed by atoms with Crippen molar-refractivity contribution in [3.05, 3.63) is 35.9 Å². The number of nitrogens with one attached hydrogen (secondary N) is 2. The van der Waals surface area contributed by atoms with Crippen LogP contribution in [0.3, 0.4) is 0 Å². The van der Waals surface area contributed by atoms with Crippen LogP contribution in [0, 0.1) is 0 Å². The normalized spacial score (nSPS) is 25.0. The molecule has 1 aromatic rings. The summed E-state index contributed by atoms with van der Waals surface area (Å²) >= 11 is 0. The highest BCUT2D eigenvalue weighted by atomic mass is 35.5. The number of benzene rings is 1. The van der Waals surface area contributed by atoms with Gasteiger partial charge >= 0.3 is 0 Å². The molecule has 2 aliphatic rings. The summed E-state index contributed by atoms with van der Waals surface area (Å²) in [7, 11) is 0. The van der Waals surface area contributed by atoms with Crippen LogP contribution in [0.4, 0.5) is 0 Å². The van der Waals surface area contributed by atoms with Crippen molar-refractivity contribution in [1.82, 2.24) is 15.5 Å². The number of hydrogen-bond acceptors (Lipinski definition) is 4. The van der Waals surface area contributed by atoms with E-state index in [2.05, 4.69) is 17.6 Å². The van der Waals surface area contributed by atoms with E-state index in [1.165, 1.54) is 0 Å². The van der Waals surface area contributed by atoms with Crippen LogP contribution in [0.15, 0.2) is 30.3 Å². The summed E-state index contributed by atoms with van der Waals surface area (Å²) in [5.74, 6) is -0.215. The summed E-state index contributed by atoms with van der Waals surface area (Å²) in [4.78, 5) is 27.4. The molecule has 0 saturated carbocycles. The van der Waals surface area contributed by atoms with Crippen LogP contribution < -0.4 is 10.6 Å². The first-order valence-electron chi connectivity index (χ1n) is 9.42. The van der Waals surface area contributed by atoms with Gasteiger partial charge in [0.1, 0.15) is 6.61 Å². The number of carbonyl (C=O) groups is 2. The monoisotopic (exact) mass is 395 g/mol. The summed E-state index contributed by atoms with van der Waals surface area (Å²) in [5, 5.41) is 6.52. The van der Waals surface area contributed by atoms with Crippen molar-refractivity contribution in [2.45, 2.75) is 57.3 Å². The molecule has 150 valence electrons. The fourth-order valence-electron chi connectivity index (χ4n) is 3.91. The van der Waals surface area contributed by atoms with E-state index in [0.717, 1.165) is 31.5 Å². The quantitative estimate of drug-likeness (QED) is 0.818. The average Bonchev–Trinajstić information content (AvgIpc) is 2.62. The van der Waals surface area contributed by atoms with Gasteiger partial charge in [-0.1, -0.05) is 30.3 Å². The first-order chi connectivity index (χ1) is 12.4. The molecule has 2 saturated heterocycles. The second-order valence-corrected chi connectivity index (χ2v) is 7.78. The van der Waals surface area contributed by atoms with Crippen LogP contribution in [0.2, 0.25) is 0 Å². The third-order valence-corrected chi connectivity index (χ3v) is 5.35. The van der Waals surface area contributed by atoms with E-state index in [0.29, 0.717) is 0 Å². The minimum absolute atomic E-state index is 0. The molecule has 2 aliphatic heterocycles. The maximum atomic E-state index is 13.1. The number of amides is 2. The van der Waals surface area contributed by atoms with Gasteiger partial charge in [-0.05, 0) is 52.3 Å². The number of morpholine rings is 1. The van der Waals surface area contributed by atoms with E-state index in [9.17, 15) is 9.59 Å². The zero-order chi connectivity index (χ0) is 18.7. The highest BCUT2D eigenvalue weighted by molar-refractivity contribution is 5.87. The molecule has 6 nitrogen and oxygen atoms in total. The Hall–Kier alpha value is -1.63. The molecule has 2 N–H and O–H groups in total. The third-order valence-electron chi connectivity index (χ3n) is 5.35. The Morgan fingerprint density at radius 2 is 1.89 bits per heavy atom. The highest BCUT2D eigenvalue weighted by Gasteiger charge is 2.44. The van der Waals surface area contributed by atoms with Gasteiger partial charge in [0, 0.05) is 11.6 Å². The molecule has 3 rings (SSSR count). The van der Waals surface area contributed by atoms with Crippen molar-refractivity contribution in [2.24, 2.45) is 0 Å². The fourth-order valence-corrected chi connectivity index (χ4v) is 3.91. The standard InChI is InChI=1S/C20H29N3O3.ClH/c1-14(2)23-16(24)13-26-18(17(23)15-7-5-4-6-8-15)19(25)22-20(3)9-11-21-12-10-20;/h4-8,14,17-18,21H,9-13H2,1-3H3,(H,22,25);1H/t17-,18+;/m1./s1. The topological polar surface area (TPSA) is 70.7 Å². The predicted molar refractivity (Wildman–Crippen MR) is 107 cm³/mol. The molecule has 2 atom stereocenters. The molecule has 0 radical (unpaired) electrons. The lowest BCUT2D eigenvalue weighted by Crippen LogP contribution is -2.60. The lowest BCUT2D eigenvalue weighted by atomic mass is 9.89. The van der Waals surface area contributed by atoms with Crippen LogP contribution in [0.25, 0.3) is 0 Å². The zero-order valence-electron chi connectivity index (χ0n) is 16.2. The van der Waals surface area contributed by atoms with Gasteiger partial charge in [-0.3, -0.25) is 9.59 Å². The van der Waals surface area contributed by atoms with Crippen molar-refractivity contribution in [3.63, 3.8) is 0 Å². The molecule has 7 heteroatoms. The van der Waals surface area contributed by atoms with Gasteiger partial charge in [0.05, 0.1) is 6.04 Å². The molecular weight excluding hydrogens is 366 g/mol. The van der Waals surface area contributed by atoms with Gasteiger partial charge < -0.3 is 20.3 Å². The summed E-state index contributed by atoms with van der Waals surface area (Å²) in [6, 6.07) is 9.26. The minimum Gasteiger partial charge on any atom is -0.356 e. The molecular formula is C20H30ClN3O3. The van der Waals surface area contributed by atoms with Gasteiger partial charge in [-0.15, -0.1) is 12.4 Å². The largest absolute Gasteiger partial charge is 0.356 e. The maximum absolute atomic E-state index is 13.1. The Morgan fingerprint density at radius 1 is 1.26 bits per heavy atom. The fraction of sp³-hybridized carbons (Fsp3) is 0.600. The zero-order valence-corrected chi connectivity index (χ0v) is 17.1. The van der Waals surface area contributed by atoms with Crippen LogP contribution in [0.1, 0.15) is 45.2 Å². The summed E-state index contributed by atoms with van der Waals surface area (Å²) in [6.07, 6.45) is 1.06. The smallest absolute Gasteiger partial charge is 0.252 e. The summed E-state index contributed by atoms with van der Waals surface area (Å²) in [5.41, 5.74) is 0.682. The van der Waals surface area contributed by atoms with Crippen LogP contribution in [-0.4, -0.2) is 54.1 Å². The Balaban J connectivity index is 0.00000261. The second kappa shape index (κ2) is 9.04. The van der Waals surface area contributed by atoms with Crippen LogP contribution in [-0.2, 0) is 14.3 Å². The molecule has 0 aromatic heterocycles. The maximum Gasteiger partial charge on any atom is 0.252 e. The van der Waals surface area contributed by atoms with Crippen LogP contribution in [0.5, 0.6) is 0 Å². The van der Waals surface area contributed by atoms with E-state index in [-0.39, 0.29) is 42.4 Å². The number of piperidine rings is 1. The number of halogens is 1. The van der Waals surface area contributed by atoms with E-state index in [1.54, 1.807) is 4.90 Å². The van der Waals surface area contributed by atoms with E-state index in [4.69, 9.17) is 4.74 Å². The molecule has 1 aromatic carbocycles. The van der Waals surface area contributed by atoms with Gasteiger partial charge in [-0.2, -0.15) is 0 Å². The third kappa shape index (κ3) is 4.81. The molecule has 27 heavy (non-hydrogen) atoms. The Kier molecular flexibility index (Phi) is 7.25. The molecule has 0 aliphatic carbocycles. The minimum atomic E-state index is -0.704. The molecule has 2 heterocycles. The van der Waals surface area contributed by atoms with E-state index < -0.39 is 12.1 Å². The van der Waals surface area contributed by atoms with Gasteiger partial charge in [0.15, 0.2) is 6.10 Å². The van der Waals surface area contributed by atoms with Gasteiger partial charge in [0.25, 0.3) is 5.91 Å². The van der Waals surface area contributed by atoms with Crippen LogP contribution >= 0.6 is 12.4 Å². The average molecular weight is 396 g/mol. The van der Waals surface area contributed by atoms with Crippen molar-refractivity contribution >= 4 is 24.2 Å². The summed E-state index contributed by atoms with van der Waals surface area (Å²) < 4.78 is 5.77. The number of ether oxygens (including phenoxy) is 1. The highest BCUT2D eigenvalue weighted by Crippen LogP contribution is 2.32. The first-order valence-corrected chi connectivity index (χ1v) is 9.42. The molecule has 2 fully saturated rings. The molecule has 2 amide bonds. The predicted octanol–water partition coefficient (Wildman–Crippen LogP) is 2.04. The summed E-state index contributed by atoms with van der Waals surface area (Å²) in [6.45, 7) is 7.75. The Morgan fingerprint density at radius 3 is 2.48 bits per heavy atom. The molecule has 0 spiro atoms. The SMILES string of the molecule is CC(C)N1C(=O)CO[C@H](C(=O)NC2(C)CCNCC2)[C@H]1c1ccccc1.Cl.